The van der Waals surface area contributed by atoms with Gasteiger partial charge in [0.2, 0.25) is 17.8 Å². The molecular formula is C13H25N7. The van der Waals surface area contributed by atoms with Crippen molar-refractivity contribution in [1.29, 1.82) is 0 Å². The molecule has 2 unspecified atom stereocenters. The Morgan fingerprint density at radius 2 is 1.90 bits per heavy atom. The van der Waals surface area contributed by atoms with Crippen molar-refractivity contribution in [3.05, 3.63) is 0 Å². The number of hydrogen-bond donors (Lipinski definition) is 2. The van der Waals surface area contributed by atoms with Crippen LogP contribution in [-0.2, 0) is 0 Å². The standard InChI is InChI=1S/C13H25N7/c1-9-8-20(5)7-6-10(9)15-12-16-11(14-2)17-13(18-12)19(3)4/h9-10H,6-8H2,1-5H3,(H2,14,15,16,17,18). The predicted molar refractivity (Wildman–Crippen MR) is 82.4 cm³/mol. The second-order valence-electron chi connectivity index (χ2n) is 5.71. The molecule has 20 heavy (non-hydrogen) atoms. The molecule has 1 fully saturated rings. The van der Waals surface area contributed by atoms with Gasteiger partial charge < -0.3 is 20.4 Å². The molecule has 2 atom stereocenters. The molecule has 7 heteroatoms. The summed E-state index contributed by atoms with van der Waals surface area (Å²) in [4.78, 5) is 17.4. The first-order chi connectivity index (χ1) is 9.49. The monoisotopic (exact) mass is 279 g/mol. The number of aromatic nitrogens is 3. The summed E-state index contributed by atoms with van der Waals surface area (Å²) in [5.74, 6) is 2.47. The van der Waals surface area contributed by atoms with E-state index in [2.05, 4.69) is 44.5 Å². The predicted octanol–water partition coefficient (Wildman–Crippen LogP) is 0.731. The number of rotatable bonds is 4. The van der Waals surface area contributed by atoms with E-state index >= 15 is 0 Å². The second kappa shape index (κ2) is 6.21. The van der Waals surface area contributed by atoms with Gasteiger partial charge in [-0.15, -0.1) is 0 Å². The third kappa shape index (κ3) is 3.47. The van der Waals surface area contributed by atoms with Gasteiger partial charge in [-0.05, 0) is 25.9 Å². The first-order valence-electron chi connectivity index (χ1n) is 7.06. The van der Waals surface area contributed by atoms with Crippen LogP contribution >= 0.6 is 0 Å². The minimum absolute atomic E-state index is 0.410. The zero-order chi connectivity index (χ0) is 14.7. The Labute approximate surface area is 120 Å². The van der Waals surface area contributed by atoms with Crippen LogP contribution in [-0.4, -0.2) is 67.2 Å². The Hall–Kier alpha value is -1.63. The number of piperidine rings is 1. The van der Waals surface area contributed by atoms with Gasteiger partial charge in [0.1, 0.15) is 0 Å². The molecule has 1 aliphatic heterocycles. The van der Waals surface area contributed by atoms with Gasteiger partial charge in [-0.2, -0.15) is 15.0 Å². The molecular weight excluding hydrogens is 254 g/mol. The molecule has 0 spiro atoms. The highest BCUT2D eigenvalue weighted by Crippen LogP contribution is 2.20. The number of nitrogens with zero attached hydrogens (tertiary/aromatic N) is 5. The van der Waals surface area contributed by atoms with Crippen LogP contribution in [0.25, 0.3) is 0 Å². The molecule has 1 aromatic heterocycles. The molecule has 2 N–H and O–H groups in total. The molecule has 0 bridgehead atoms. The van der Waals surface area contributed by atoms with E-state index in [-0.39, 0.29) is 0 Å². The fourth-order valence-electron chi connectivity index (χ4n) is 2.48. The molecule has 2 heterocycles. The van der Waals surface area contributed by atoms with Gasteiger partial charge in [0.25, 0.3) is 0 Å². The Kier molecular flexibility index (Phi) is 4.59. The summed E-state index contributed by atoms with van der Waals surface area (Å²) in [6, 6.07) is 0.410. The molecule has 112 valence electrons. The Morgan fingerprint density at radius 3 is 2.50 bits per heavy atom. The van der Waals surface area contributed by atoms with Crippen molar-refractivity contribution in [2.75, 3.05) is 56.8 Å². The summed E-state index contributed by atoms with van der Waals surface area (Å²) in [6.45, 7) is 4.47. The van der Waals surface area contributed by atoms with E-state index in [4.69, 9.17) is 0 Å². The Balaban J connectivity index is 2.14. The van der Waals surface area contributed by atoms with E-state index in [9.17, 15) is 0 Å². The van der Waals surface area contributed by atoms with Crippen molar-refractivity contribution in [2.24, 2.45) is 5.92 Å². The van der Waals surface area contributed by atoms with E-state index in [0.717, 1.165) is 19.5 Å². The van der Waals surface area contributed by atoms with Gasteiger partial charge in [0.05, 0.1) is 0 Å². The fourth-order valence-corrected chi connectivity index (χ4v) is 2.48. The van der Waals surface area contributed by atoms with E-state index in [1.807, 2.05) is 26.0 Å². The summed E-state index contributed by atoms with van der Waals surface area (Å²) in [5.41, 5.74) is 0. The van der Waals surface area contributed by atoms with E-state index in [1.165, 1.54) is 0 Å². The summed E-state index contributed by atoms with van der Waals surface area (Å²) >= 11 is 0. The van der Waals surface area contributed by atoms with E-state index in [0.29, 0.717) is 29.8 Å². The lowest BCUT2D eigenvalue weighted by Gasteiger charge is -2.35. The third-order valence-corrected chi connectivity index (χ3v) is 3.67. The molecule has 2 rings (SSSR count). The maximum Gasteiger partial charge on any atom is 0.231 e. The van der Waals surface area contributed by atoms with Crippen LogP contribution in [0.2, 0.25) is 0 Å². The maximum atomic E-state index is 4.47. The summed E-state index contributed by atoms with van der Waals surface area (Å²) < 4.78 is 0. The van der Waals surface area contributed by atoms with Gasteiger partial charge in [-0.25, -0.2) is 0 Å². The number of nitrogens with one attached hydrogen (secondary N) is 2. The molecule has 0 aliphatic carbocycles. The third-order valence-electron chi connectivity index (χ3n) is 3.67. The highest BCUT2D eigenvalue weighted by atomic mass is 15.3. The molecule has 1 saturated heterocycles. The SMILES string of the molecule is CNc1nc(NC2CCN(C)CC2C)nc(N(C)C)n1. The van der Waals surface area contributed by atoms with Gasteiger partial charge in [-0.3, -0.25) is 0 Å². The topological polar surface area (TPSA) is 69.2 Å². The Morgan fingerprint density at radius 1 is 1.20 bits per heavy atom. The molecule has 0 radical (unpaired) electrons. The number of hydrogen-bond acceptors (Lipinski definition) is 7. The van der Waals surface area contributed by atoms with Crippen LogP contribution in [0.4, 0.5) is 17.8 Å². The molecule has 1 aliphatic rings. The molecule has 7 nitrogen and oxygen atoms in total. The van der Waals surface area contributed by atoms with Crippen molar-refractivity contribution in [2.45, 2.75) is 19.4 Å². The summed E-state index contributed by atoms with van der Waals surface area (Å²) in [5, 5.41) is 6.45. The molecule has 1 aromatic rings. The largest absolute Gasteiger partial charge is 0.357 e. The Bertz CT molecular complexity index is 448. The normalized spacial score (nSPS) is 23.4. The van der Waals surface area contributed by atoms with Crippen molar-refractivity contribution in [3.63, 3.8) is 0 Å². The maximum absolute atomic E-state index is 4.47. The summed E-state index contributed by atoms with van der Waals surface area (Å²) in [6.07, 6.45) is 1.11. The average molecular weight is 279 g/mol. The first-order valence-corrected chi connectivity index (χ1v) is 7.06. The van der Waals surface area contributed by atoms with E-state index in [1.54, 1.807) is 0 Å². The average Bonchev–Trinajstić information content (AvgIpc) is 2.41. The fraction of sp³-hybridized carbons (Fsp3) is 0.769. The van der Waals surface area contributed by atoms with Crippen molar-refractivity contribution >= 4 is 17.8 Å². The van der Waals surface area contributed by atoms with Crippen LogP contribution in [0.5, 0.6) is 0 Å². The van der Waals surface area contributed by atoms with Crippen LogP contribution in [0.3, 0.4) is 0 Å². The molecule has 0 amide bonds. The first kappa shape index (κ1) is 14.8. The van der Waals surface area contributed by atoms with Crippen LogP contribution in [0.1, 0.15) is 13.3 Å². The smallest absolute Gasteiger partial charge is 0.231 e. The van der Waals surface area contributed by atoms with Gasteiger partial charge in [0, 0.05) is 33.7 Å². The zero-order valence-electron chi connectivity index (χ0n) is 13.0. The van der Waals surface area contributed by atoms with Gasteiger partial charge in [-0.1, -0.05) is 6.92 Å². The molecule has 0 aromatic carbocycles. The highest BCUT2D eigenvalue weighted by Gasteiger charge is 2.25. The molecule has 0 saturated carbocycles. The lowest BCUT2D eigenvalue weighted by atomic mass is 9.94. The number of likely N-dealkylation sites (tertiary alicyclic amines) is 1. The lowest BCUT2D eigenvalue weighted by Crippen LogP contribution is -2.43. The van der Waals surface area contributed by atoms with Crippen molar-refractivity contribution in [1.82, 2.24) is 19.9 Å². The van der Waals surface area contributed by atoms with Crippen LogP contribution in [0, 0.1) is 5.92 Å². The van der Waals surface area contributed by atoms with Gasteiger partial charge >= 0.3 is 0 Å². The quantitative estimate of drug-likeness (QED) is 0.842. The number of anilines is 3. The summed E-state index contributed by atoms with van der Waals surface area (Å²) in [7, 11) is 7.84. The minimum atomic E-state index is 0.410. The lowest BCUT2D eigenvalue weighted by molar-refractivity contribution is 0.206. The second-order valence-corrected chi connectivity index (χ2v) is 5.71. The van der Waals surface area contributed by atoms with Crippen molar-refractivity contribution in [3.8, 4) is 0 Å². The van der Waals surface area contributed by atoms with Crippen LogP contribution < -0.4 is 15.5 Å². The highest BCUT2D eigenvalue weighted by molar-refractivity contribution is 5.43. The van der Waals surface area contributed by atoms with Crippen LogP contribution in [0.15, 0.2) is 0 Å². The van der Waals surface area contributed by atoms with E-state index < -0.39 is 0 Å². The van der Waals surface area contributed by atoms with Crippen molar-refractivity contribution < 1.29 is 0 Å². The zero-order valence-corrected chi connectivity index (χ0v) is 13.0. The minimum Gasteiger partial charge on any atom is -0.357 e. The van der Waals surface area contributed by atoms with Gasteiger partial charge in [0.15, 0.2) is 0 Å².